The van der Waals surface area contributed by atoms with E-state index < -0.39 is 0 Å². The van der Waals surface area contributed by atoms with E-state index in [9.17, 15) is 5.11 Å². The van der Waals surface area contributed by atoms with Gasteiger partial charge in [0, 0.05) is 11.1 Å². The van der Waals surface area contributed by atoms with Crippen molar-refractivity contribution in [1.82, 2.24) is 9.97 Å². The third kappa shape index (κ3) is 3.42. The minimum Gasteiger partial charge on any atom is -0.507 e. The summed E-state index contributed by atoms with van der Waals surface area (Å²) in [5.41, 5.74) is 4.42. The molecule has 0 aliphatic carbocycles. The lowest BCUT2D eigenvalue weighted by Gasteiger charge is -2.06. The number of hydrogen-bond donors (Lipinski definition) is 2. The summed E-state index contributed by atoms with van der Waals surface area (Å²) in [6, 6.07) is 25.3. The first-order valence-corrected chi connectivity index (χ1v) is 8.93. The molecule has 0 bridgehead atoms. The minimum atomic E-state index is 0.159. The standard InChI is InChI=1S/C23H20N2O2/c1-2-27-18-13-14-20(26)19(15-18)23-24-21(16-9-5-3-6-10-16)22(25-23)17-11-7-4-8-12-17/h3-15,26H,2H2,1H3,(H,24,25). The Hall–Kier alpha value is -3.53. The molecule has 2 N–H and O–H groups in total. The van der Waals surface area contributed by atoms with E-state index in [4.69, 9.17) is 9.72 Å². The molecule has 4 aromatic rings. The average molecular weight is 356 g/mol. The maximum atomic E-state index is 10.4. The lowest BCUT2D eigenvalue weighted by atomic mass is 10.1. The first-order chi connectivity index (χ1) is 13.3. The molecule has 0 saturated carbocycles. The lowest BCUT2D eigenvalue weighted by Crippen LogP contribution is -1.92. The Balaban J connectivity index is 1.89. The van der Waals surface area contributed by atoms with Gasteiger partial charge in [0.25, 0.3) is 0 Å². The molecule has 1 aromatic heterocycles. The predicted molar refractivity (Wildman–Crippen MR) is 108 cm³/mol. The van der Waals surface area contributed by atoms with E-state index >= 15 is 0 Å². The monoisotopic (exact) mass is 356 g/mol. The molecule has 0 radical (unpaired) electrons. The summed E-state index contributed by atoms with van der Waals surface area (Å²) < 4.78 is 5.58. The number of nitrogens with zero attached hydrogens (tertiary/aromatic N) is 1. The second-order valence-electron chi connectivity index (χ2n) is 6.15. The SMILES string of the molecule is CCOc1ccc(O)c(-c2nc(-c3ccccc3)c(-c3ccccc3)[nH]2)c1. The van der Waals surface area contributed by atoms with Crippen LogP contribution in [0.15, 0.2) is 78.9 Å². The van der Waals surface area contributed by atoms with Crippen LogP contribution in [0.4, 0.5) is 0 Å². The molecule has 0 fully saturated rings. The fraction of sp³-hybridized carbons (Fsp3) is 0.0870. The van der Waals surface area contributed by atoms with Crippen LogP contribution in [0.1, 0.15) is 6.92 Å². The van der Waals surface area contributed by atoms with E-state index in [0.717, 1.165) is 22.5 Å². The van der Waals surface area contributed by atoms with Gasteiger partial charge in [-0.3, -0.25) is 0 Å². The maximum Gasteiger partial charge on any atom is 0.142 e. The molecule has 3 aromatic carbocycles. The molecule has 27 heavy (non-hydrogen) atoms. The van der Waals surface area contributed by atoms with Crippen LogP contribution in [-0.2, 0) is 0 Å². The van der Waals surface area contributed by atoms with Crippen LogP contribution in [0.2, 0.25) is 0 Å². The number of hydrogen-bond acceptors (Lipinski definition) is 3. The molecule has 1 heterocycles. The highest BCUT2D eigenvalue weighted by Crippen LogP contribution is 2.36. The summed E-state index contributed by atoms with van der Waals surface area (Å²) in [5.74, 6) is 1.46. The van der Waals surface area contributed by atoms with E-state index in [1.54, 1.807) is 18.2 Å². The number of imidazole rings is 1. The summed E-state index contributed by atoms with van der Waals surface area (Å²) in [4.78, 5) is 8.21. The Bertz CT molecular complexity index is 984. The van der Waals surface area contributed by atoms with Crippen molar-refractivity contribution in [3.63, 3.8) is 0 Å². The Morgan fingerprint density at radius 2 is 1.56 bits per heavy atom. The number of nitrogens with one attached hydrogen (secondary N) is 1. The van der Waals surface area contributed by atoms with Gasteiger partial charge >= 0.3 is 0 Å². The molecule has 0 spiro atoms. The van der Waals surface area contributed by atoms with Gasteiger partial charge < -0.3 is 14.8 Å². The van der Waals surface area contributed by atoms with Gasteiger partial charge in [-0.1, -0.05) is 60.7 Å². The van der Waals surface area contributed by atoms with E-state index in [1.165, 1.54) is 0 Å². The van der Waals surface area contributed by atoms with Crippen molar-refractivity contribution in [2.45, 2.75) is 6.92 Å². The van der Waals surface area contributed by atoms with E-state index in [1.807, 2.05) is 67.6 Å². The predicted octanol–water partition coefficient (Wildman–Crippen LogP) is 5.52. The summed E-state index contributed by atoms with van der Waals surface area (Å²) in [6.45, 7) is 2.49. The highest BCUT2D eigenvalue weighted by molar-refractivity contribution is 5.82. The van der Waals surface area contributed by atoms with Crippen molar-refractivity contribution in [3.8, 4) is 45.4 Å². The van der Waals surface area contributed by atoms with Crippen LogP contribution >= 0.6 is 0 Å². The highest BCUT2D eigenvalue weighted by atomic mass is 16.5. The van der Waals surface area contributed by atoms with Crippen LogP contribution in [0.25, 0.3) is 33.9 Å². The molecule has 0 amide bonds. The number of aromatic amines is 1. The molecule has 0 saturated heterocycles. The molecule has 134 valence electrons. The summed E-state index contributed by atoms with van der Waals surface area (Å²) in [6.07, 6.45) is 0. The Morgan fingerprint density at radius 3 is 2.22 bits per heavy atom. The number of ether oxygens (including phenoxy) is 1. The lowest BCUT2D eigenvalue weighted by molar-refractivity contribution is 0.339. The molecule has 0 aliphatic heterocycles. The van der Waals surface area contributed by atoms with Gasteiger partial charge in [0.05, 0.1) is 23.6 Å². The molecule has 0 aliphatic rings. The third-order valence-corrected chi connectivity index (χ3v) is 4.35. The van der Waals surface area contributed by atoms with Gasteiger partial charge in [0.2, 0.25) is 0 Å². The van der Waals surface area contributed by atoms with Gasteiger partial charge in [0.1, 0.15) is 17.3 Å². The molecule has 4 rings (SSSR count). The third-order valence-electron chi connectivity index (χ3n) is 4.35. The first-order valence-electron chi connectivity index (χ1n) is 8.93. The Morgan fingerprint density at radius 1 is 0.889 bits per heavy atom. The van der Waals surface area contributed by atoms with Crippen molar-refractivity contribution in [2.75, 3.05) is 6.61 Å². The van der Waals surface area contributed by atoms with Crippen molar-refractivity contribution in [1.29, 1.82) is 0 Å². The van der Waals surface area contributed by atoms with Crippen LogP contribution < -0.4 is 4.74 Å². The number of benzene rings is 3. The van der Waals surface area contributed by atoms with Crippen molar-refractivity contribution >= 4 is 0 Å². The molecule has 0 atom stereocenters. The highest BCUT2D eigenvalue weighted by Gasteiger charge is 2.17. The van der Waals surface area contributed by atoms with Gasteiger partial charge in [-0.25, -0.2) is 4.98 Å². The number of aromatic nitrogens is 2. The van der Waals surface area contributed by atoms with Crippen molar-refractivity contribution in [3.05, 3.63) is 78.9 Å². The molecule has 4 heteroatoms. The molecular formula is C23H20N2O2. The van der Waals surface area contributed by atoms with Crippen molar-refractivity contribution in [2.24, 2.45) is 0 Å². The zero-order chi connectivity index (χ0) is 18.6. The molecule has 0 unspecified atom stereocenters. The number of phenolic OH excluding ortho intramolecular Hbond substituents is 1. The first kappa shape index (κ1) is 16.9. The van der Waals surface area contributed by atoms with Crippen molar-refractivity contribution < 1.29 is 9.84 Å². The van der Waals surface area contributed by atoms with Gasteiger partial charge in [-0.15, -0.1) is 0 Å². The Kier molecular flexibility index (Phi) is 4.62. The summed E-state index contributed by atoms with van der Waals surface area (Å²) in [5, 5.41) is 10.4. The van der Waals surface area contributed by atoms with E-state index in [2.05, 4.69) is 4.98 Å². The Labute approximate surface area is 158 Å². The fourth-order valence-corrected chi connectivity index (χ4v) is 3.08. The van der Waals surface area contributed by atoms with Gasteiger partial charge in [-0.05, 0) is 25.1 Å². The number of H-pyrrole nitrogens is 1. The zero-order valence-electron chi connectivity index (χ0n) is 15.0. The van der Waals surface area contributed by atoms with Crippen LogP contribution in [0.5, 0.6) is 11.5 Å². The fourth-order valence-electron chi connectivity index (χ4n) is 3.08. The number of rotatable bonds is 5. The largest absolute Gasteiger partial charge is 0.507 e. The van der Waals surface area contributed by atoms with Crippen LogP contribution in [-0.4, -0.2) is 21.7 Å². The summed E-state index contributed by atoms with van der Waals surface area (Å²) in [7, 11) is 0. The smallest absolute Gasteiger partial charge is 0.142 e. The zero-order valence-corrected chi connectivity index (χ0v) is 15.0. The van der Waals surface area contributed by atoms with Crippen LogP contribution in [0.3, 0.4) is 0 Å². The maximum absolute atomic E-state index is 10.4. The molecular weight excluding hydrogens is 336 g/mol. The molecule has 4 nitrogen and oxygen atoms in total. The van der Waals surface area contributed by atoms with Crippen LogP contribution in [0, 0.1) is 0 Å². The number of phenols is 1. The second-order valence-corrected chi connectivity index (χ2v) is 6.15. The topological polar surface area (TPSA) is 58.1 Å². The van der Waals surface area contributed by atoms with E-state index in [-0.39, 0.29) is 5.75 Å². The number of aromatic hydroxyl groups is 1. The van der Waals surface area contributed by atoms with E-state index in [0.29, 0.717) is 23.7 Å². The minimum absolute atomic E-state index is 0.159. The van der Waals surface area contributed by atoms with Gasteiger partial charge in [0.15, 0.2) is 0 Å². The average Bonchev–Trinajstić information content (AvgIpc) is 3.16. The quantitative estimate of drug-likeness (QED) is 0.495. The van der Waals surface area contributed by atoms with Gasteiger partial charge in [-0.2, -0.15) is 0 Å². The second kappa shape index (κ2) is 7.38. The normalized spacial score (nSPS) is 10.7. The summed E-state index contributed by atoms with van der Waals surface area (Å²) >= 11 is 0.